The second-order valence-corrected chi connectivity index (χ2v) is 3.00. The van der Waals surface area contributed by atoms with E-state index in [1.165, 1.54) is 0 Å². The summed E-state index contributed by atoms with van der Waals surface area (Å²) in [5.74, 6) is 0. The summed E-state index contributed by atoms with van der Waals surface area (Å²) in [4.78, 5) is 7.93. The van der Waals surface area contributed by atoms with E-state index >= 15 is 0 Å². The van der Waals surface area contributed by atoms with Crippen LogP contribution in [0.2, 0.25) is 10.2 Å². The van der Waals surface area contributed by atoms with E-state index in [4.69, 9.17) is 23.2 Å². The lowest BCUT2D eigenvalue weighted by Crippen LogP contribution is -1.84. The van der Waals surface area contributed by atoms with E-state index in [1.54, 1.807) is 18.2 Å². The molecule has 0 spiro atoms. The molecule has 2 nitrogen and oxygen atoms in total. The van der Waals surface area contributed by atoms with E-state index in [1.807, 2.05) is 0 Å². The quantitative estimate of drug-likeness (QED) is 0.650. The Balaban J connectivity index is 2.88. The summed E-state index contributed by atoms with van der Waals surface area (Å²) in [6.07, 6.45) is 2.55. The molecule has 0 fully saturated rings. The van der Waals surface area contributed by atoms with Gasteiger partial charge in [0.05, 0.1) is 10.5 Å². The highest BCUT2D eigenvalue weighted by atomic mass is 35.5. The molecule has 2 aromatic rings. The van der Waals surface area contributed by atoms with E-state index in [-0.39, 0.29) is 5.15 Å². The lowest BCUT2D eigenvalue weighted by molar-refractivity contribution is 1.28. The summed E-state index contributed by atoms with van der Waals surface area (Å²) in [5.41, 5.74) is 1.31. The van der Waals surface area contributed by atoms with Gasteiger partial charge in [-0.1, -0.05) is 29.3 Å². The van der Waals surface area contributed by atoms with E-state index in [2.05, 4.69) is 16.2 Å². The summed E-state index contributed by atoms with van der Waals surface area (Å²) < 4.78 is 0. The number of halogens is 2. The first kappa shape index (κ1) is 7.77. The fourth-order valence-corrected chi connectivity index (χ4v) is 1.27. The lowest BCUT2D eigenvalue weighted by atomic mass is 10.3. The number of fused-ring (bicyclic) bond motifs is 1. The van der Waals surface area contributed by atoms with Gasteiger partial charge in [-0.25, -0.2) is 9.97 Å². The topological polar surface area (TPSA) is 25.8 Å². The Morgan fingerprint density at radius 2 is 2.08 bits per heavy atom. The smallest absolute Gasteiger partial charge is 0.157 e. The van der Waals surface area contributed by atoms with Crippen molar-refractivity contribution in [2.45, 2.75) is 0 Å². The second kappa shape index (κ2) is 2.88. The van der Waals surface area contributed by atoms with Gasteiger partial charge in [0.1, 0.15) is 11.7 Å². The largest absolute Gasteiger partial charge is 0.241 e. The first-order valence-electron chi connectivity index (χ1n) is 3.27. The maximum atomic E-state index is 5.85. The second-order valence-electron chi connectivity index (χ2n) is 2.23. The van der Waals surface area contributed by atoms with Gasteiger partial charge in [-0.3, -0.25) is 0 Å². The highest BCUT2D eigenvalue weighted by Crippen LogP contribution is 2.20. The summed E-state index contributed by atoms with van der Waals surface area (Å²) in [7, 11) is 0. The molecule has 0 saturated heterocycles. The minimum absolute atomic E-state index is 0.232. The molecule has 0 atom stereocenters. The maximum Gasteiger partial charge on any atom is 0.157 e. The fraction of sp³-hybridized carbons (Fsp3) is 0. The Hall–Kier alpha value is -0.860. The molecule has 1 aromatic carbocycles. The molecule has 2 rings (SSSR count). The van der Waals surface area contributed by atoms with Crippen LogP contribution < -0.4 is 0 Å². The molecule has 0 bridgehead atoms. The average Bonchev–Trinajstić information content (AvgIpc) is 2.07. The third kappa shape index (κ3) is 1.24. The van der Waals surface area contributed by atoms with Crippen LogP contribution in [0.4, 0.5) is 0 Å². The number of aromatic nitrogens is 2. The summed E-state index contributed by atoms with van der Waals surface area (Å²) in [5, 5.41) is 0.784. The van der Waals surface area contributed by atoms with Gasteiger partial charge in [-0.15, -0.1) is 0 Å². The minimum Gasteiger partial charge on any atom is -0.241 e. The number of hydrogen-bond acceptors (Lipinski definition) is 2. The predicted octanol–water partition coefficient (Wildman–Crippen LogP) is 2.74. The molecule has 59 valence electrons. The minimum atomic E-state index is 0.232. The predicted molar refractivity (Wildman–Crippen MR) is 48.4 cm³/mol. The molecule has 1 heterocycles. The summed E-state index contributed by atoms with van der Waals surface area (Å²) in [6.45, 7) is 0. The molecule has 0 amide bonds. The Kier molecular flexibility index (Phi) is 1.87. The van der Waals surface area contributed by atoms with Crippen LogP contribution >= 0.6 is 23.2 Å². The molecule has 1 aromatic heterocycles. The van der Waals surface area contributed by atoms with Crippen LogP contribution in [-0.4, -0.2) is 9.97 Å². The first-order chi connectivity index (χ1) is 5.77. The zero-order valence-electron chi connectivity index (χ0n) is 5.88. The number of para-hydroxylation sites is 1. The van der Waals surface area contributed by atoms with Gasteiger partial charge >= 0.3 is 0 Å². The Morgan fingerprint density at radius 1 is 1.25 bits per heavy atom. The molecule has 0 aliphatic carbocycles. The van der Waals surface area contributed by atoms with Crippen molar-refractivity contribution in [3.63, 3.8) is 0 Å². The SMILES string of the molecule is Clc1[c]nc2cccc(Cl)c2n1. The van der Waals surface area contributed by atoms with Crippen molar-refractivity contribution in [1.29, 1.82) is 0 Å². The number of hydrogen-bond donors (Lipinski definition) is 0. The molecular weight excluding hydrogens is 195 g/mol. The molecule has 4 heteroatoms. The van der Waals surface area contributed by atoms with Gasteiger partial charge in [0.2, 0.25) is 0 Å². The van der Waals surface area contributed by atoms with Gasteiger partial charge in [0.15, 0.2) is 5.15 Å². The molecule has 0 unspecified atom stereocenters. The zero-order valence-corrected chi connectivity index (χ0v) is 7.39. The van der Waals surface area contributed by atoms with Crippen LogP contribution in [0.1, 0.15) is 0 Å². The van der Waals surface area contributed by atoms with Crippen molar-refractivity contribution in [3.8, 4) is 0 Å². The molecule has 0 aliphatic heterocycles. The van der Waals surface area contributed by atoms with Crippen molar-refractivity contribution in [3.05, 3.63) is 34.6 Å². The van der Waals surface area contributed by atoms with Crippen molar-refractivity contribution in [2.75, 3.05) is 0 Å². The van der Waals surface area contributed by atoms with Gasteiger partial charge < -0.3 is 0 Å². The van der Waals surface area contributed by atoms with Crippen molar-refractivity contribution in [1.82, 2.24) is 9.97 Å². The van der Waals surface area contributed by atoms with Gasteiger partial charge in [0.25, 0.3) is 0 Å². The van der Waals surface area contributed by atoms with Crippen LogP contribution in [-0.2, 0) is 0 Å². The zero-order chi connectivity index (χ0) is 8.55. The maximum absolute atomic E-state index is 5.85. The third-order valence-electron chi connectivity index (χ3n) is 1.44. The van der Waals surface area contributed by atoms with E-state index in [9.17, 15) is 0 Å². The third-order valence-corrected chi connectivity index (χ3v) is 1.92. The van der Waals surface area contributed by atoms with Crippen LogP contribution in [0.3, 0.4) is 0 Å². The summed E-state index contributed by atoms with van der Waals surface area (Å²) in [6, 6.07) is 5.36. The monoisotopic (exact) mass is 197 g/mol. The normalized spacial score (nSPS) is 10.5. The van der Waals surface area contributed by atoms with Crippen LogP contribution in [0.5, 0.6) is 0 Å². The van der Waals surface area contributed by atoms with E-state index < -0.39 is 0 Å². The first-order valence-corrected chi connectivity index (χ1v) is 4.02. The van der Waals surface area contributed by atoms with E-state index in [0.717, 1.165) is 0 Å². The lowest BCUT2D eigenvalue weighted by Gasteiger charge is -1.96. The van der Waals surface area contributed by atoms with Crippen LogP contribution in [0.25, 0.3) is 11.0 Å². The summed E-state index contributed by atoms with van der Waals surface area (Å²) >= 11 is 11.5. The van der Waals surface area contributed by atoms with Crippen LogP contribution in [0, 0.1) is 6.20 Å². The van der Waals surface area contributed by atoms with Crippen molar-refractivity contribution >= 4 is 34.2 Å². The molecule has 12 heavy (non-hydrogen) atoms. The molecule has 1 radical (unpaired) electrons. The van der Waals surface area contributed by atoms with Crippen molar-refractivity contribution < 1.29 is 0 Å². The van der Waals surface area contributed by atoms with Gasteiger partial charge in [-0.2, -0.15) is 0 Å². The van der Waals surface area contributed by atoms with Gasteiger partial charge in [0, 0.05) is 0 Å². The van der Waals surface area contributed by atoms with Crippen molar-refractivity contribution in [2.24, 2.45) is 0 Å². The number of rotatable bonds is 0. The molecule has 0 aliphatic rings. The molecule has 0 saturated carbocycles. The Bertz CT molecular complexity index is 428. The number of benzene rings is 1. The van der Waals surface area contributed by atoms with E-state index in [0.29, 0.717) is 16.1 Å². The van der Waals surface area contributed by atoms with Crippen LogP contribution in [0.15, 0.2) is 18.2 Å². The fourth-order valence-electron chi connectivity index (χ4n) is 0.934. The highest BCUT2D eigenvalue weighted by Gasteiger charge is 2.01. The Morgan fingerprint density at radius 3 is 2.92 bits per heavy atom. The Labute approximate surface area is 79.2 Å². The average molecular weight is 198 g/mol. The standard InChI is InChI=1S/C8H3Cl2N2/c9-5-2-1-3-6-8(5)12-7(10)4-11-6/h1-3H. The molecule has 0 N–H and O–H groups in total. The van der Waals surface area contributed by atoms with Gasteiger partial charge in [-0.05, 0) is 12.1 Å². The number of nitrogens with zero attached hydrogens (tertiary/aromatic N) is 2. The highest BCUT2D eigenvalue weighted by molar-refractivity contribution is 6.35. The molecular formula is C8H3Cl2N2.